The fourth-order valence-electron chi connectivity index (χ4n) is 3.19. The minimum absolute atomic E-state index is 0.0247. The van der Waals surface area contributed by atoms with Gasteiger partial charge in [0.05, 0.1) is 12.3 Å². The van der Waals surface area contributed by atoms with E-state index in [1.807, 2.05) is 56.3 Å². The average molecular weight is 339 g/mol. The maximum absolute atomic E-state index is 12.5. The summed E-state index contributed by atoms with van der Waals surface area (Å²) in [4.78, 5) is 12.5. The summed E-state index contributed by atoms with van der Waals surface area (Å²) < 4.78 is 11.5. The van der Waals surface area contributed by atoms with Crippen LogP contribution in [0, 0.1) is 0 Å². The molecule has 0 radical (unpaired) electrons. The van der Waals surface area contributed by atoms with E-state index >= 15 is 0 Å². The Balaban J connectivity index is 1.73. The molecule has 1 N–H and O–H groups in total. The molecule has 0 unspecified atom stereocenters. The van der Waals surface area contributed by atoms with Gasteiger partial charge in [-0.2, -0.15) is 0 Å². The van der Waals surface area contributed by atoms with Crippen LogP contribution in [0.4, 0.5) is 5.69 Å². The Morgan fingerprint density at radius 1 is 1.32 bits per heavy atom. The molecule has 132 valence electrons. The lowest BCUT2D eigenvalue weighted by atomic mass is 9.97. The molecule has 1 amide bonds. The highest BCUT2D eigenvalue weighted by atomic mass is 16.5. The summed E-state index contributed by atoms with van der Waals surface area (Å²) in [5, 5.41) is 3.00. The van der Waals surface area contributed by atoms with Gasteiger partial charge in [-0.3, -0.25) is 4.79 Å². The molecule has 4 nitrogen and oxygen atoms in total. The van der Waals surface area contributed by atoms with E-state index in [4.69, 9.17) is 9.47 Å². The quantitative estimate of drug-likeness (QED) is 0.840. The molecule has 0 aromatic heterocycles. The molecule has 0 spiro atoms. The van der Waals surface area contributed by atoms with Gasteiger partial charge in [-0.1, -0.05) is 37.3 Å². The van der Waals surface area contributed by atoms with Gasteiger partial charge in [-0.05, 0) is 31.4 Å². The van der Waals surface area contributed by atoms with Gasteiger partial charge < -0.3 is 14.8 Å². The molecule has 0 saturated heterocycles. The molecule has 1 aliphatic rings. The number of benzene rings is 2. The van der Waals surface area contributed by atoms with Crippen molar-refractivity contribution in [1.82, 2.24) is 0 Å². The Kier molecular flexibility index (Phi) is 5.27. The molecule has 0 saturated carbocycles. The van der Waals surface area contributed by atoms with Crippen LogP contribution in [-0.2, 0) is 11.2 Å². The van der Waals surface area contributed by atoms with Crippen molar-refractivity contribution in [3.8, 4) is 11.5 Å². The van der Waals surface area contributed by atoms with Crippen molar-refractivity contribution in [2.45, 2.75) is 45.6 Å². The molecule has 2 aromatic rings. The van der Waals surface area contributed by atoms with Crippen molar-refractivity contribution in [1.29, 1.82) is 0 Å². The van der Waals surface area contributed by atoms with Gasteiger partial charge in [0.1, 0.15) is 17.6 Å². The molecule has 0 bridgehead atoms. The van der Waals surface area contributed by atoms with E-state index in [-0.39, 0.29) is 17.9 Å². The highest BCUT2D eigenvalue weighted by Gasteiger charge is 2.23. The fraction of sp³-hybridized carbons (Fsp3) is 0.381. The number of ether oxygens (including phenoxy) is 2. The van der Waals surface area contributed by atoms with Crippen LogP contribution < -0.4 is 14.8 Å². The number of fused-ring (bicyclic) bond motifs is 1. The Labute approximate surface area is 149 Å². The van der Waals surface area contributed by atoms with Crippen LogP contribution in [0.25, 0.3) is 0 Å². The third kappa shape index (κ3) is 4.13. The molecule has 2 aromatic carbocycles. The van der Waals surface area contributed by atoms with Crippen molar-refractivity contribution in [2.75, 3.05) is 11.9 Å². The van der Waals surface area contributed by atoms with E-state index in [0.717, 1.165) is 23.3 Å². The zero-order valence-corrected chi connectivity index (χ0v) is 15.0. The van der Waals surface area contributed by atoms with Crippen LogP contribution in [0.2, 0.25) is 0 Å². The lowest BCUT2D eigenvalue weighted by Gasteiger charge is -2.15. The van der Waals surface area contributed by atoms with Crippen molar-refractivity contribution in [3.63, 3.8) is 0 Å². The standard InChI is InChI=1S/C21H25NO3/c1-4-24-20-12-17-11-15(3)25-19(17)13-18(20)22-21(23)10-14(2)16-8-6-5-7-9-16/h5-9,12-15H,4,10-11H2,1-3H3,(H,22,23)/t14-,15-/m0/s1. The summed E-state index contributed by atoms with van der Waals surface area (Å²) in [5.41, 5.74) is 2.97. The van der Waals surface area contributed by atoms with Gasteiger partial charge in [0.25, 0.3) is 0 Å². The van der Waals surface area contributed by atoms with Crippen LogP contribution in [0.1, 0.15) is 44.2 Å². The van der Waals surface area contributed by atoms with Gasteiger partial charge in [0, 0.05) is 24.5 Å². The monoisotopic (exact) mass is 339 g/mol. The van der Waals surface area contributed by atoms with Crippen molar-refractivity contribution < 1.29 is 14.3 Å². The van der Waals surface area contributed by atoms with Gasteiger partial charge in [-0.15, -0.1) is 0 Å². The number of rotatable bonds is 6. The Morgan fingerprint density at radius 3 is 2.80 bits per heavy atom. The van der Waals surface area contributed by atoms with Gasteiger partial charge >= 0.3 is 0 Å². The average Bonchev–Trinajstić information content (AvgIpc) is 2.95. The van der Waals surface area contributed by atoms with Crippen molar-refractivity contribution in [2.24, 2.45) is 0 Å². The Morgan fingerprint density at radius 2 is 2.08 bits per heavy atom. The highest BCUT2D eigenvalue weighted by Crippen LogP contribution is 2.38. The summed E-state index contributed by atoms with van der Waals surface area (Å²) >= 11 is 0. The van der Waals surface area contributed by atoms with Crippen LogP contribution in [-0.4, -0.2) is 18.6 Å². The predicted octanol–water partition coefficient (Wildman–Crippen LogP) is 4.54. The molecular formula is C21H25NO3. The van der Waals surface area contributed by atoms with E-state index in [0.29, 0.717) is 24.5 Å². The molecule has 0 aliphatic carbocycles. The molecule has 4 heteroatoms. The summed E-state index contributed by atoms with van der Waals surface area (Å²) in [6.07, 6.45) is 1.45. The van der Waals surface area contributed by atoms with Crippen LogP contribution in [0.5, 0.6) is 11.5 Å². The normalized spacial score (nSPS) is 16.7. The molecule has 2 atom stereocenters. The highest BCUT2D eigenvalue weighted by molar-refractivity contribution is 5.93. The van der Waals surface area contributed by atoms with E-state index in [1.165, 1.54) is 0 Å². The molecule has 1 aliphatic heterocycles. The molecule has 1 heterocycles. The lowest BCUT2D eigenvalue weighted by Crippen LogP contribution is -2.15. The second-order valence-electron chi connectivity index (χ2n) is 6.59. The minimum atomic E-state index is -0.0247. The molecule has 0 fully saturated rings. The summed E-state index contributed by atoms with van der Waals surface area (Å²) in [6.45, 7) is 6.60. The second kappa shape index (κ2) is 7.60. The first-order chi connectivity index (χ1) is 12.1. The largest absolute Gasteiger partial charge is 0.492 e. The Hall–Kier alpha value is -2.49. The van der Waals surface area contributed by atoms with E-state index in [9.17, 15) is 4.79 Å². The molecular weight excluding hydrogens is 314 g/mol. The molecule has 25 heavy (non-hydrogen) atoms. The fourth-order valence-corrected chi connectivity index (χ4v) is 3.19. The second-order valence-corrected chi connectivity index (χ2v) is 6.59. The summed E-state index contributed by atoms with van der Waals surface area (Å²) in [7, 11) is 0. The Bertz CT molecular complexity index is 742. The summed E-state index contributed by atoms with van der Waals surface area (Å²) in [5.74, 6) is 1.67. The topological polar surface area (TPSA) is 47.6 Å². The number of hydrogen-bond acceptors (Lipinski definition) is 3. The number of carbonyl (C=O) groups is 1. The zero-order chi connectivity index (χ0) is 17.8. The van der Waals surface area contributed by atoms with Gasteiger partial charge in [-0.25, -0.2) is 0 Å². The number of carbonyl (C=O) groups excluding carboxylic acids is 1. The predicted molar refractivity (Wildman–Crippen MR) is 99.5 cm³/mol. The SMILES string of the molecule is CCOc1cc2c(cc1NC(=O)C[C@H](C)c1ccccc1)O[C@@H](C)C2. The number of anilines is 1. The number of hydrogen-bond donors (Lipinski definition) is 1. The number of amides is 1. The minimum Gasteiger partial charge on any atom is -0.492 e. The van der Waals surface area contributed by atoms with Gasteiger partial charge in [0.15, 0.2) is 0 Å². The van der Waals surface area contributed by atoms with E-state index in [1.54, 1.807) is 0 Å². The van der Waals surface area contributed by atoms with Crippen LogP contribution >= 0.6 is 0 Å². The van der Waals surface area contributed by atoms with Crippen LogP contribution in [0.15, 0.2) is 42.5 Å². The molecule has 3 rings (SSSR count). The van der Waals surface area contributed by atoms with Crippen molar-refractivity contribution >= 4 is 11.6 Å². The zero-order valence-electron chi connectivity index (χ0n) is 15.0. The summed E-state index contributed by atoms with van der Waals surface area (Å²) in [6, 6.07) is 13.9. The van der Waals surface area contributed by atoms with Crippen LogP contribution in [0.3, 0.4) is 0 Å². The first-order valence-corrected chi connectivity index (χ1v) is 8.88. The number of nitrogens with one attached hydrogen (secondary N) is 1. The third-order valence-electron chi connectivity index (χ3n) is 4.43. The first-order valence-electron chi connectivity index (χ1n) is 8.88. The third-order valence-corrected chi connectivity index (χ3v) is 4.43. The van der Waals surface area contributed by atoms with E-state index in [2.05, 4.69) is 12.2 Å². The maximum atomic E-state index is 12.5. The maximum Gasteiger partial charge on any atom is 0.225 e. The van der Waals surface area contributed by atoms with Gasteiger partial charge in [0.2, 0.25) is 5.91 Å². The first kappa shape index (κ1) is 17.3. The van der Waals surface area contributed by atoms with E-state index < -0.39 is 0 Å². The lowest BCUT2D eigenvalue weighted by molar-refractivity contribution is -0.116. The van der Waals surface area contributed by atoms with Crippen molar-refractivity contribution in [3.05, 3.63) is 53.6 Å². The smallest absolute Gasteiger partial charge is 0.225 e.